The molecule has 0 amide bonds. The second-order valence-corrected chi connectivity index (χ2v) is 4.16. The third kappa shape index (κ3) is 3.99. The van der Waals surface area contributed by atoms with E-state index in [1.54, 1.807) is 0 Å². The molecule has 5 heteroatoms. The highest BCUT2D eigenvalue weighted by atomic mass is 16.7. The summed E-state index contributed by atoms with van der Waals surface area (Å²) in [6.45, 7) is 2.38. The Kier molecular flexibility index (Phi) is 6.23. The van der Waals surface area contributed by atoms with Gasteiger partial charge in [-0.3, -0.25) is 0 Å². The maximum absolute atomic E-state index is 9.53. The molecule has 96 valence electrons. The number of unbranched alkanes of at least 4 members (excludes halogenated alkanes) is 2. The van der Waals surface area contributed by atoms with Gasteiger partial charge in [0.2, 0.25) is 0 Å². The van der Waals surface area contributed by atoms with Crippen LogP contribution in [-0.2, 0) is 9.47 Å². The van der Waals surface area contributed by atoms with Crippen LogP contribution in [0.4, 0.5) is 0 Å². The molecule has 0 unspecified atom stereocenters. The highest BCUT2D eigenvalue weighted by Gasteiger charge is 2.36. The van der Waals surface area contributed by atoms with Crippen molar-refractivity contribution < 1.29 is 24.8 Å². The first-order chi connectivity index (χ1) is 7.69. The first-order valence-corrected chi connectivity index (χ1v) is 5.93. The van der Waals surface area contributed by atoms with Crippen LogP contribution in [0.3, 0.4) is 0 Å². The van der Waals surface area contributed by atoms with E-state index in [2.05, 4.69) is 6.92 Å². The van der Waals surface area contributed by atoms with Crippen LogP contribution in [0.15, 0.2) is 0 Å². The van der Waals surface area contributed by atoms with E-state index in [4.69, 9.17) is 14.6 Å². The van der Waals surface area contributed by atoms with Gasteiger partial charge in [0.15, 0.2) is 6.29 Å². The monoisotopic (exact) mass is 234 g/mol. The Morgan fingerprint density at radius 1 is 1.31 bits per heavy atom. The van der Waals surface area contributed by atoms with Gasteiger partial charge in [-0.15, -0.1) is 0 Å². The van der Waals surface area contributed by atoms with Gasteiger partial charge in [-0.2, -0.15) is 0 Å². The quantitative estimate of drug-likeness (QED) is 0.565. The highest BCUT2D eigenvalue weighted by molar-refractivity contribution is 4.82. The zero-order valence-corrected chi connectivity index (χ0v) is 9.71. The Morgan fingerprint density at radius 3 is 2.69 bits per heavy atom. The van der Waals surface area contributed by atoms with Gasteiger partial charge >= 0.3 is 0 Å². The molecule has 0 aromatic heterocycles. The fraction of sp³-hybridized carbons (Fsp3) is 1.00. The van der Waals surface area contributed by atoms with E-state index in [-0.39, 0.29) is 13.0 Å². The summed E-state index contributed by atoms with van der Waals surface area (Å²) in [5.74, 6) is 0. The van der Waals surface area contributed by atoms with Crippen molar-refractivity contribution in [2.75, 3.05) is 13.2 Å². The second-order valence-electron chi connectivity index (χ2n) is 4.16. The highest BCUT2D eigenvalue weighted by Crippen LogP contribution is 2.21. The van der Waals surface area contributed by atoms with E-state index in [0.717, 1.165) is 19.3 Å². The van der Waals surface area contributed by atoms with Gasteiger partial charge in [0.1, 0.15) is 12.2 Å². The van der Waals surface area contributed by atoms with Crippen molar-refractivity contribution >= 4 is 0 Å². The van der Waals surface area contributed by atoms with Gasteiger partial charge in [0, 0.05) is 13.0 Å². The van der Waals surface area contributed by atoms with Crippen LogP contribution in [0.1, 0.15) is 32.6 Å². The number of aliphatic hydroxyl groups is 3. The zero-order chi connectivity index (χ0) is 12.0. The van der Waals surface area contributed by atoms with E-state index in [1.165, 1.54) is 0 Å². The van der Waals surface area contributed by atoms with Gasteiger partial charge in [0.05, 0.1) is 12.7 Å². The fourth-order valence-electron chi connectivity index (χ4n) is 1.74. The molecule has 16 heavy (non-hydrogen) atoms. The molecule has 1 aliphatic rings. The van der Waals surface area contributed by atoms with Gasteiger partial charge in [-0.1, -0.05) is 19.8 Å². The third-order valence-electron chi connectivity index (χ3n) is 2.77. The molecule has 0 bridgehead atoms. The van der Waals surface area contributed by atoms with E-state index >= 15 is 0 Å². The summed E-state index contributed by atoms with van der Waals surface area (Å²) in [6, 6.07) is 0. The van der Waals surface area contributed by atoms with Crippen LogP contribution >= 0.6 is 0 Å². The van der Waals surface area contributed by atoms with Crippen LogP contribution < -0.4 is 0 Å². The van der Waals surface area contributed by atoms with Crippen molar-refractivity contribution in [2.45, 2.75) is 57.2 Å². The van der Waals surface area contributed by atoms with Crippen molar-refractivity contribution in [1.82, 2.24) is 0 Å². The summed E-state index contributed by atoms with van der Waals surface area (Å²) in [6.07, 6.45) is 0.245. The average Bonchev–Trinajstić information content (AvgIpc) is 2.29. The number of rotatable bonds is 6. The van der Waals surface area contributed by atoms with E-state index in [9.17, 15) is 10.2 Å². The number of ether oxygens (including phenoxy) is 2. The SMILES string of the molecule is CCCCCO[C@H]1C[C@@H](O)[C@@H](O)[C@@H](CO)O1. The summed E-state index contributed by atoms with van der Waals surface area (Å²) in [4.78, 5) is 0. The molecule has 0 spiro atoms. The lowest BCUT2D eigenvalue weighted by Crippen LogP contribution is -2.50. The van der Waals surface area contributed by atoms with Crippen LogP contribution in [0.25, 0.3) is 0 Å². The topological polar surface area (TPSA) is 79.2 Å². The first-order valence-electron chi connectivity index (χ1n) is 5.93. The molecule has 0 aromatic rings. The molecule has 4 atom stereocenters. The minimum atomic E-state index is -1.03. The summed E-state index contributed by atoms with van der Waals surface area (Å²) in [7, 11) is 0. The summed E-state index contributed by atoms with van der Waals surface area (Å²) < 4.78 is 10.7. The summed E-state index contributed by atoms with van der Waals surface area (Å²) >= 11 is 0. The normalized spacial score (nSPS) is 35.2. The van der Waals surface area contributed by atoms with Gasteiger partial charge in [0.25, 0.3) is 0 Å². The largest absolute Gasteiger partial charge is 0.394 e. The first kappa shape index (κ1) is 13.9. The van der Waals surface area contributed by atoms with Gasteiger partial charge in [-0.05, 0) is 6.42 Å². The number of hydrogen-bond acceptors (Lipinski definition) is 5. The number of hydrogen-bond donors (Lipinski definition) is 3. The maximum atomic E-state index is 9.53. The molecule has 1 rings (SSSR count). The molecule has 5 nitrogen and oxygen atoms in total. The lowest BCUT2D eigenvalue weighted by molar-refractivity contribution is -0.256. The molecular formula is C11H22O5. The Hall–Kier alpha value is -0.200. The Morgan fingerprint density at radius 2 is 2.06 bits per heavy atom. The van der Waals surface area contributed by atoms with Crippen molar-refractivity contribution in [2.24, 2.45) is 0 Å². The van der Waals surface area contributed by atoms with Gasteiger partial charge < -0.3 is 24.8 Å². The van der Waals surface area contributed by atoms with Crippen LogP contribution in [0, 0.1) is 0 Å². The molecule has 0 saturated carbocycles. The lowest BCUT2D eigenvalue weighted by atomic mass is 10.0. The minimum Gasteiger partial charge on any atom is -0.394 e. The van der Waals surface area contributed by atoms with E-state index in [1.807, 2.05) is 0 Å². The fourth-order valence-corrected chi connectivity index (χ4v) is 1.74. The van der Waals surface area contributed by atoms with Crippen LogP contribution in [0.5, 0.6) is 0 Å². The molecule has 0 aliphatic carbocycles. The Bertz CT molecular complexity index is 187. The molecular weight excluding hydrogens is 212 g/mol. The van der Waals surface area contributed by atoms with Crippen molar-refractivity contribution in [3.63, 3.8) is 0 Å². The van der Waals surface area contributed by atoms with Crippen LogP contribution in [-0.4, -0.2) is 53.1 Å². The lowest BCUT2D eigenvalue weighted by Gasteiger charge is -2.36. The van der Waals surface area contributed by atoms with E-state index in [0.29, 0.717) is 6.61 Å². The second kappa shape index (κ2) is 7.19. The summed E-state index contributed by atoms with van der Waals surface area (Å²) in [5, 5.41) is 28.0. The molecule has 1 fully saturated rings. The third-order valence-corrected chi connectivity index (χ3v) is 2.77. The average molecular weight is 234 g/mol. The minimum absolute atomic E-state index is 0.254. The Balaban J connectivity index is 2.27. The van der Waals surface area contributed by atoms with E-state index < -0.39 is 24.6 Å². The molecule has 1 saturated heterocycles. The molecule has 3 N–H and O–H groups in total. The van der Waals surface area contributed by atoms with Crippen molar-refractivity contribution in [1.29, 1.82) is 0 Å². The smallest absolute Gasteiger partial charge is 0.160 e. The standard InChI is InChI=1S/C11H22O5/c1-2-3-4-5-15-10-6-8(13)11(14)9(7-12)16-10/h8-14H,2-7H2,1H3/t8-,9-,10-,11-/m1/s1. The molecule has 1 aliphatic heterocycles. The molecule has 1 heterocycles. The van der Waals surface area contributed by atoms with Crippen LogP contribution in [0.2, 0.25) is 0 Å². The maximum Gasteiger partial charge on any atom is 0.160 e. The molecule has 0 radical (unpaired) electrons. The zero-order valence-electron chi connectivity index (χ0n) is 9.71. The Labute approximate surface area is 96.0 Å². The van der Waals surface area contributed by atoms with Crippen molar-refractivity contribution in [3.8, 4) is 0 Å². The van der Waals surface area contributed by atoms with Gasteiger partial charge in [-0.25, -0.2) is 0 Å². The molecule has 0 aromatic carbocycles. The number of aliphatic hydroxyl groups excluding tert-OH is 3. The summed E-state index contributed by atoms with van der Waals surface area (Å²) in [5.41, 5.74) is 0. The predicted octanol–water partition coefficient (Wildman–Crippen LogP) is 0.0223. The van der Waals surface area contributed by atoms with Crippen molar-refractivity contribution in [3.05, 3.63) is 0 Å². The predicted molar refractivity (Wildman–Crippen MR) is 57.9 cm³/mol.